The fourth-order valence-corrected chi connectivity index (χ4v) is 3.34. The number of imide groups is 1. The average Bonchev–Trinajstić information content (AvgIpc) is 2.75. The van der Waals surface area contributed by atoms with Gasteiger partial charge in [-0.2, -0.15) is 0 Å². The van der Waals surface area contributed by atoms with Crippen LogP contribution in [0.15, 0.2) is 24.3 Å². The molecule has 1 fully saturated rings. The molecule has 0 unspecified atom stereocenters. The number of hydrogen-bond donors (Lipinski definition) is 2. The number of carbonyl (C=O) groups excluding carboxylic acids is 2. The van der Waals surface area contributed by atoms with Crippen molar-refractivity contribution in [1.29, 1.82) is 0 Å². The number of anilines is 1. The van der Waals surface area contributed by atoms with Gasteiger partial charge in [0.2, 0.25) is 11.8 Å². The molecular formula is C15H19FN3O2S+. The molecule has 1 atom stereocenters. The molecule has 1 aromatic rings. The minimum Gasteiger partial charge on any atom is -0.274 e. The lowest BCUT2D eigenvalue weighted by Gasteiger charge is -2.14. The van der Waals surface area contributed by atoms with Gasteiger partial charge in [-0.05, 0) is 49.9 Å². The molecule has 0 saturated carbocycles. The second kappa shape index (κ2) is 7.40. The topological polar surface area (TPSA) is 63.4 Å². The van der Waals surface area contributed by atoms with E-state index in [-0.39, 0.29) is 18.2 Å². The van der Waals surface area contributed by atoms with Crippen LogP contribution in [-0.4, -0.2) is 35.3 Å². The van der Waals surface area contributed by atoms with E-state index in [0.717, 1.165) is 23.2 Å². The van der Waals surface area contributed by atoms with Crippen LogP contribution in [0.3, 0.4) is 0 Å². The lowest BCUT2D eigenvalue weighted by atomic mass is 10.3. The van der Waals surface area contributed by atoms with Crippen molar-refractivity contribution >= 4 is 34.4 Å². The Morgan fingerprint density at radius 3 is 2.64 bits per heavy atom. The first-order valence-corrected chi connectivity index (χ1v) is 8.08. The van der Waals surface area contributed by atoms with E-state index in [1.165, 1.54) is 36.0 Å². The predicted molar refractivity (Wildman–Crippen MR) is 85.1 cm³/mol. The van der Waals surface area contributed by atoms with Gasteiger partial charge in [0.05, 0.1) is 18.8 Å². The van der Waals surface area contributed by atoms with Crippen LogP contribution in [0.25, 0.3) is 0 Å². The molecule has 1 saturated heterocycles. The summed E-state index contributed by atoms with van der Waals surface area (Å²) in [5, 5.41) is 3.47. The van der Waals surface area contributed by atoms with Gasteiger partial charge in [-0.25, -0.2) is 9.29 Å². The molecule has 22 heavy (non-hydrogen) atoms. The van der Waals surface area contributed by atoms with Crippen molar-refractivity contribution in [3.8, 4) is 0 Å². The van der Waals surface area contributed by atoms with E-state index < -0.39 is 11.1 Å². The Kier molecular flexibility index (Phi) is 5.54. The molecule has 0 bridgehead atoms. The van der Waals surface area contributed by atoms with Crippen LogP contribution in [-0.2, 0) is 9.59 Å². The maximum Gasteiger partial charge on any atom is 0.304 e. The van der Waals surface area contributed by atoms with Crippen molar-refractivity contribution in [2.45, 2.75) is 25.5 Å². The van der Waals surface area contributed by atoms with Crippen LogP contribution in [0.4, 0.5) is 10.1 Å². The zero-order valence-electron chi connectivity index (χ0n) is 12.6. The molecule has 0 spiro atoms. The maximum atomic E-state index is 13.0. The number of hydrogen-bond acceptors (Lipinski definition) is 3. The van der Waals surface area contributed by atoms with Crippen molar-refractivity contribution in [3.05, 3.63) is 30.1 Å². The summed E-state index contributed by atoms with van der Waals surface area (Å²) in [5.41, 5.74) is 0.410. The number of benzene rings is 1. The Balaban J connectivity index is 2.14. The van der Waals surface area contributed by atoms with E-state index in [1.807, 2.05) is 13.8 Å². The molecule has 2 rings (SSSR count). The number of nitrogens with one attached hydrogen (secondary N) is 2. The molecule has 118 valence electrons. The van der Waals surface area contributed by atoms with Gasteiger partial charge in [-0.1, -0.05) is 0 Å². The summed E-state index contributed by atoms with van der Waals surface area (Å²) >= 11 is 1.32. The molecule has 1 aromatic carbocycles. The van der Waals surface area contributed by atoms with Gasteiger partial charge in [-0.15, -0.1) is 0 Å². The van der Waals surface area contributed by atoms with Crippen molar-refractivity contribution in [2.75, 3.05) is 18.0 Å². The standard InChI is InChI=1S/C15H18FN3O2S/c1-3-17-15(18-4-2)22-12-9-13(20)19(14(12)21)11-7-5-10(16)6-8-11/h5-8,12H,3-4,9H2,1-2H3,(H,17,18)/p+1/t12-/m0/s1. The van der Waals surface area contributed by atoms with Gasteiger partial charge in [0.25, 0.3) is 0 Å². The highest BCUT2D eigenvalue weighted by Crippen LogP contribution is 2.29. The molecule has 7 heteroatoms. The summed E-state index contributed by atoms with van der Waals surface area (Å²) in [6.07, 6.45) is 0.140. The van der Waals surface area contributed by atoms with Gasteiger partial charge < -0.3 is 0 Å². The average molecular weight is 324 g/mol. The summed E-state index contributed by atoms with van der Waals surface area (Å²) in [6, 6.07) is 5.37. The summed E-state index contributed by atoms with van der Waals surface area (Å²) in [7, 11) is 0. The molecule has 1 heterocycles. The summed E-state index contributed by atoms with van der Waals surface area (Å²) < 4.78 is 13.0. The summed E-state index contributed by atoms with van der Waals surface area (Å²) in [6.45, 7) is 5.38. The summed E-state index contributed by atoms with van der Waals surface area (Å²) in [5.74, 6) is -0.931. The Morgan fingerprint density at radius 2 is 2.05 bits per heavy atom. The zero-order chi connectivity index (χ0) is 16.1. The smallest absolute Gasteiger partial charge is 0.274 e. The molecule has 5 nitrogen and oxygen atoms in total. The molecule has 0 aliphatic carbocycles. The third-order valence-electron chi connectivity index (χ3n) is 3.12. The van der Waals surface area contributed by atoms with Gasteiger partial charge in [0.15, 0.2) is 0 Å². The number of halogens is 1. The van der Waals surface area contributed by atoms with Crippen molar-refractivity contribution < 1.29 is 19.0 Å². The van der Waals surface area contributed by atoms with Crippen molar-refractivity contribution in [1.82, 2.24) is 5.32 Å². The Labute approximate surface area is 133 Å². The monoisotopic (exact) mass is 324 g/mol. The van der Waals surface area contributed by atoms with Crippen LogP contribution in [0.1, 0.15) is 20.3 Å². The molecule has 2 amide bonds. The number of thioether (sulfide) groups is 1. The highest BCUT2D eigenvalue weighted by atomic mass is 32.2. The van der Waals surface area contributed by atoms with E-state index in [0.29, 0.717) is 5.69 Å². The third-order valence-corrected chi connectivity index (χ3v) is 4.30. The minimum atomic E-state index is -0.467. The largest absolute Gasteiger partial charge is 0.304 e. The van der Waals surface area contributed by atoms with Crippen LogP contribution in [0.2, 0.25) is 0 Å². The molecule has 2 N–H and O–H groups in total. The number of carbonyl (C=O) groups is 2. The SMILES string of the molecule is CCNC(=[NH+]CC)S[C@H]1CC(=O)N(c2ccc(F)cc2)C1=O. The second-order valence-electron chi connectivity index (χ2n) is 4.74. The highest BCUT2D eigenvalue weighted by molar-refractivity contribution is 8.14. The zero-order valence-corrected chi connectivity index (χ0v) is 13.4. The van der Waals surface area contributed by atoms with Gasteiger partial charge >= 0.3 is 5.17 Å². The van der Waals surface area contributed by atoms with Crippen LogP contribution in [0, 0.1) is 5.82 Å². The lowest BCUT2D eigenvalue weighted by molar-refractivity contribution is -0.451. The second-order valence-corrected chi connectivity index (χ2v) is 5.96. The number of rotatable bonds is 4. The Hall–Kier alpha value is -1.89. The van der Waals surface area contributed by atoms with E-state index in [1.54, 1.807) is 0 Å². The molecule has 0 aromatic heterocycles. The fraction of sp³-hybridized carbons (Fsp3) is 0.400. The van der Waals surface area contributed by atoms with Crippen LogP contribution in [0.5, 0.6) is 0 Å². The Morgan fingerprint density at radius 1 is 1.36 bits per heavy atom. The Bertz CT molecular complexity index is 589. The minimum absolute atomic E-state index is 0.140. The predicted octanol–water partition coefficient (Wildman–Crippen LogP) is 0.257. The van der Waals surface area contributed by atoms with Gasteiger partial charge in [0.1, 0.15) is 11.1 Å². The lowest BCUT2D eigenvalue weighted by Crippen LogP contribution is -2.74. The third kappa shape index (κ3) is 3.65. The van der Waals surface area contributed by atoms with Gasteiger partial charge in [0, 0.05) is 6.42 Å². The number of amidine groups is 1. The number of nitrogens with zero attached hydrogens (tertiary/aromatic N) is 1. The maximum absolute atomic E-state index is 13.0. The normalized spacial score (nSPS) is 19.0. The van der Waals surface area contributed by atoms with E-state index in [4.69, 9.17) is 0 Å². The fourth-order valence-electron chi connectivity index (χ4n) is 2.17. The van der Waals surface area contributed by atoms with Crippen LogP contribution < -0.4 is 15.2 Å². The van der Waals surface area contributed by atoms with E-state index in [2.05, 4.69) is 10.3 Å². The highest BCUT2D eigenvalue weighted by Gasteiger charge is 2.41. The van der Waals surface area contributed by atoms with Gasteiger partial charge in [-0.3, -0.25) is 19.9 Å². The van der Waals surface area contributed by atoms with E-state index in [9.17, 15) is 14.0 Å². The first-order chi connectivity index (χ1) is 10.6. The molecule has 1 aliphatic heterocycles. The quantitative estimate of drug-likeness (QED) is 0.474. The van der Waals surface area contributed by atoms with E-state index >= 15 is 0 Å². The molecular weight excluding hydrogens is 305 g/mol. The van der Waals surface area contributed by atoms with Crippen LogP contribution >= 0.6 is 11.8 Å². The molecule has 1 aliphatic rings. The van der Waals surface area contributed by atoms with Crippen molar-refractivity contribution in [3.63, 3.8) is 0 Å². The van der Waals surface area contributed by atoms with Crippen molar-refractivity contribution in [2.24, 2.45) is 0 Å². The summed E-state index contributed by atoms with van der Waals surface area (Å²) in [4.78, 5) is 28.9. The first-order valence-electron chi connectivity index (χ1n) is 7.20. The number of amides is 2. The first kappa shape index (κ1) is 16.5. The molecule has 0 radical (unpaired) electrons.